The van der Waals surface area contributed by atoms with E-state index in [1.807, 2.05) is 11.3 Å². The standard InChI is InChI=1S/C16H28N2S/c1-14(16-10-6-13-19-16)18(2)12-7-11-17-15-8-4-3-5-9-15/h6,10,13-15,17H,3-5,7-9,11-12H2,1-2H3. The molecule has 0 saturated heterocycles. The van der Waals surface area contributed by atoms with Crippen molar-refractivity contribution in [3.05, 3.63) is 22.4 Å². The third-order valence-electron chi connectivity index (χ3n) is 4.34. The van der Waals surface area contributed by atoms with Gasteiger partial charge >= 0.3 is 0 Å². The maximum atomic E-state index is 3.73. The molecule has 1 aliphatic carbocycles. The number of nitrogens with zero attached hydrogens (tertiary/aromatic N) is 1. The summed E-state index contributed by atoms with van der Waals surface area (Å²) >= 11 is 1.86. The van der Waals surface area contributed by atoms with Gasteiger partial charge in [0.05, 0.1) is 0 Å². The lowest BCUT2D eigenvalue weighted by molar-refractivity contribution is 0.256. The molecular formula is C16H28N2S. The molecule has 1 unspecified atom stereocenters. The van der Waals surface area contributed by atoms with E-state index in [-0.39, 0.29) is 0 Å². The molecular weight excluding hydrogens is 252 g/mol. The van der Waals surface area contributed by atoms with Gasteiger partial charge in [0.25, 0.3) is 0 Å². The van der Waals surface area contributed by atoms with Crippen LogP contribution in [-0.4, -0.2) is 31.1 Å². The highest BCUT2D eigenvalue weighted by Gasteiger charge is 2.14. The Morgan fingerprint density at radius 3 is 2.84 bits per heavy atom. The van der Waals surface area contributed by atoms with Crippen LogP contribution >= 0.6 is 11.3 Å². The minimum atomic E-state index is 0.551. The Morgan fingerprint density at radius 2 is 2.16 bits per heavy atom. The molecule has 1 atom stereocenters. The molecule has 1 aromatic heterocycles. The van der Waals surface area contributed by atoms with Gasteiger partial charge in [-0.15, -0.1) is 11.3 Å². The fourth-order valence-electron chi connectivity index (χ4n) is 2.88. The molecule has 1 heterocycles. The van der Waals surface area contributed by atoms with Crippen molar-refractivity contribution in [3.63, 3.8) is 0 Å². The summed E-state index contributed by atoms with van der Waals surface area (Å²) in [5.41, 5.74) is 0. The van der Waals surface area contributed by atoms with E-state index in [2.05, 4.69) is 41.7 Å². The van der Waals surface area contributed by atoms with Crippen LogP contribution in [0.15, 0.2) is 17.5 Å². The molecule has 2 nitrogen and oxygen atoms in total. The molecule has 0 amide bonds. The van der Waals surface area contributed by atoms with Gasteiger partial charge in [-0.3, -0.25) is 4.90 Å². The second-order valence-electron chi connectivity index (χ2n) is 5.81. The average molecular weight is 280 g/mol. The van der Waals surface area contributed by atoms with Gasteiger partial charge in [-0.2, -0.15) is 0 Å². The van der Waals surface area contributed by atoms with Crippen LogP contribution in [0.25, 0.3) is 0 Å². The third-order valence-corrected chi connectivity index (χ3v) is 5.38. The summed E-state index contributed by atoms with van der Waals surface area (Å²) in [4.78, 5) is 3.94. The Kier molecular flexibility index (Phi) is 6.35. The maximum absolute atomic E-state index is 3.73. The van der Waals surface area contributed by atoms with E-state index in [0.717, 1.165) is 6.04 Å². The zero-order valence-electron chi connectivity index (χ0n) is 12.4. The van der Waals surface area contributed by atoms with Crippen LogP contribution in [-0.2, 0) is 0 Å². The van der Waals surface area contributed by atoms with E-state index in [9.17, 15) is 0 Å². The highest BCUT2D eigenvalue weighted by atomic mass is 32.1. The first-order chi connectivity index (χ1) is 9.27. The Balaban J connectivity index is 1.59. The highest BCUT2D eigenvalue weighted by molar-refractivity contribution is 7.10. The molecule has 2 rings (SSSR count). The lowest BCUT2D eigenvalue weighted by atomic mass is 9.95. The monoisotopic (exact) mass is 280 g/mol. The van der Waals surface area contributed by atoms with Crippen molar-refractivity contribution in [1.29, 1.82) is 0 Å². The summed E-state index contributed by atoms with van der Waals surface area (Å²) in [6.07, 6.45) is 8.32. The van der Waals surface area contributed by atoms with E-state index >= 15 is 0 Å². The van der Waals surface area contributed by atoms with E-state index in [0.29, 0.717) is 6.04 Å². The van der Waals surface area contributed by atoms with Crippen LogP contribution in [0.4, 0.5) is 0 Å². The summed E-state index contributed by atoms with van der Waals surface area (Å²) in [7, 11) is 2.24. The second kappa shape index (κ2) is 8.03. The van der Waals surface area contributed by atoms with Crippen LogP contribution in [0.3, 0.4) is 0 Å². The van der Waals surface area contributed by atoms with Gasteiger partial charge in [-0.1, -0.05) is 25.3 Å². The molecule has 3 heteroatoms. The van der Waals surface area contributed by atoms with Crippen molar-refractivity contribution in [2.24, 2.45) is 0 Å². The number of thiophene rings is 1. The quantitative estimate of drug-likeness (QED) is 0.758. The van der Waals surface area contributed by atoms with Crippen molar-refractivity contribution in [1.82, 2.24) is 10.2 Å². The second-order valence-corrected chi connectivity index (χ2v) is 6.79. The van der Waals surface area contributed by atoms with Gasteiger partial charge in [0, 0.05) is 17.0 Å². The minimum Gasteiger partial charge on any atom is -0.314 e. The first-order valence-corrected chi connectivity index (χ1v) is 8.62. The summed E-state index contributed by atoms with van der Waals surface area (Å²) < 4.78 is 0. The van der Waals surface area contributed by atoms with E-state index in [1.54, 1.807) is 0 Å². The summed E-state index contributed by atoms with van der Waals surface area (Å²) in [5, 5.41) is 5.90. The molecule has 0 aliphatic heterocycles. The average Bonchev–Trinajstić information content (AvgIpc) is 2.98. The Morgan fingerprint density at radius 1 is 1.37 bits per heavy atom. The molecule has 108 valence electrons. The van der Waals surface area contributed by atoms with Crippen molar-refractivity contribution in [2.45, 2.75) is 57.5 Å². The lowest BCUT2D eigenvalue weighted by Gasteiger charge is -2.26. The normalized spacial score (nSPS) is 18.9. The van der Waals surface area contributed by atoms with Crippen molar-refractivity contribution in [3.8, 4) is 0 Å². The van der Waals surface area contributed by atoms with E-state index in [4.69, 9.17) is 0 Å². The largest absolute Gasteiger partial charge is 0.314 e. The minimum absolute atomic E-state index is 0.551. The molecule has 1 aromatic rings. The predicted octanol–water partition coefficient (Wildman–Crippen LogP) is 4.05. The molecule has 0 radical (unpaired) electrons. The predicted molar refractivity (Wildman–Crippen MR) is 84.9 cm³/mol. The smallest absolute Gasteiger partial charge is 0.0410 e. The van der Waals surface area contributed by atoms with Gasteiger partial charge in [-0.05, 0) is 57.8 Å². The number of nitrogens with one attached hydrogen (secondary N) is 1. The van der Waals surface area contributed by atoms with Crippen molar-refractivity contribution < 1.29 is 0 Å². The molecule has 0 aromatic carbocycles. The summed E-state index contributed by atoms with van der Waals surface area (Å²) in [5.74, 6) is 0. The number of hydrogen-bond acceptors (Lipinski definition) is 3. The summed E-state index contributed by atoms with van der Waals surface area (Å²) in [6, 6.07) is 5.74. The number of rotatable bonds is 7. The molecule has 1 N–H and O–H groups in total. The summed E-state index contributed by atoms with van der Waals surface area (Å²) in [6.45, 7) is 4.66. The SMILES string of the molecule is CC(c1cccs1)N(C)CCCNC1CCCCC1. The first kappa shape index (κ1) is 15.0. The molecule has 1 saturated carbocycles. The highest BCUT2D eigenvalue weighted by Crippen LogP contribution is 2.23. The fraction of sp³-hybridized carbons (Fsp3) is 0.750. The van der Waals surface area contributed by atoms with Gasteiger partial charge in [-0.25, -0.2) is 0 Å². The van der Waals surface area contributed by atoms with Crippen LogP contribution in [0.5, 0.6) is 0 Å². The molecule has 1 aliphatic rings. The zero-order chi connectivity index (χ0) is 13.5. The zero-order valence-corrected chi connectivity index (χ0v) is 13.2. The van der Waals surface area contributed by atoms with Crippen LogP contribution < -0.4 is 5.32 Å². The Bertz CT molecular complexity index is 331. The van der Waals surface area contributed by atoms with Gasteiger partial charge in [0.1, 0.15) is 0 Å². The van der Waals surface area contributed by atoms with Crippen LogP contribution in [0.2, 0.25) is 0 Å². The Labute approximate surface area is 122 Å². The van der Waals surface area contributed by atoms with E-state index < -0.39 is 0 Å². The van der Waals surface area contributed by atoms with Crippen LogP contribution in [0, 0.1) is 0 Å². The molecule has 0 spiro atoms. The lowest BCUT2D eigenvalue weighted by Crippen LogP contribution is -2.33. The van der Waals surface area contributed by atoms with Gasteiger partial charge in [0.2, 0.25) is 0 Å². The van der Waals surface area contributed by atoms with Gasteiger partial charge in [0.15, 0.2) is 0 Å². The Hall–Kier alpha value is -0.380. The topological polar surface area (TPSA) is 15.3 Å². The fourth-order valence-corrected chi connectivity index (χ4v) is 3.73. The van der Waals surface area contributed by atoms with Crippen LogP contribution in [0.1, 0.15) is 56.4 Å². The molecule has 1 fully saturated rings. The first-order valence-electron chi connectivity index (χ1n) is 7.74. The van der Waals surface area contributed by atoms with E-state index in [1.165, 1.54) is 56.5 Å². The maximum Gasteiger partial charge on any atom is 0.0410 e. The van der Waals surface area contributed by atoms with Crippen molar-refractivity contribution >= 4 is 11.3 Å². The van der Waals surface area contributed by atoms with Crippen molar-refractivity contribution in [2.75, 3.05) is 20.1 Å². The molecule has 0 bridgehead atoms. The van der Waals surface area contributed by atoms with Gasteiger partial charge < -0.3 is 5.32 Å². The molecule has 19 heavy (non-hydrogen) atoms. The number of hydrogen-bond donors (Lipinski definition) is 1. The third kappa shape index (κ3) is 4.90.